The summed E-state index contributed by atoms with van der Waals surface area (Å²) >= 11 is 0. The summed E-state index contributed by atoms with van der Waals surface area (Å²) in [6.45, 7) is 10.3. The topological polar surface area (TPSA) is 369 Å². The number of nitrogens with zero attached hydrogens (tertiary/aromatic N) is 1. The Morgan fingerprint density at radius 2 is 1.15 bits per heavy atom. The quantitative estimate of drug-likeness (QED) is 0.0254. The third-order valence-corrected chi connectivity index (χ3v) is 9.14. The minimum absolute atomic E-state index is 0.0872. The van der Waals surface area contributed by atoms with E-state index in [4.69, 9.17) is 17.2 Å². The van der Waals surface area contributed by atoms with Crippen molar-refractivity contribution in [1.82, 2.24) is 37.2 Å². The van der Waals surface area contributed by atoms with Crippen LogP contribution in [0, 0.1) is 17.8 Å². The number of rotatable bonds is 26. The highest BCUT2D eigenvalue weighted by Gasteiger charge is 2.34. The van der Waals surface area contributed by atoms with E-state index in [-0.39, 0.29) is 31.8 Å². The molecule has 0 aromatic heterocycles. The molecule has 0 spiro atoms. The number of amides is 7. The zero-order valence-electron chi connectivity index (χ0n) is 35.7. The molecule has 1 aromatic rings. The smallest absolute Gasteiger partial charge is 0.326 e. The molecule has 22 nitrogen and oxygen atoms in total. The van der Waals surface area contributed by atoms with Crippen molar-refractivity contribution >= 4 is 59.2 Å². The summed E-state index contributed by atoms with van der Waals surface area (Å²) in [4.78, 5) is 119. The van der Waals surface area contributed by atoms with E-state index in [1.807, 2.05) is 18.2 Å². The van der Waals surface area contributed by atoms with E-state index in [1.165, 1.54) is 20.8 Å². The molecule has 0 unspecified atom stereocenters. The van der Waals surface area contributed by atoms with Crippen LogP contribution in [0.2, 0.25) is 0 Å². The van der Waals surface area contributed by atoms with Gasteiger partial charge in [0.15, 0.2) is 5.96 Å². The van der Waals surface area contributed by atoms with Gasteiger partial charge in [-0.1, -0.05) is 71.9 Å². The van der Waals surface area contributed by atoms with E-state index >= 15 is 0 Å². The van der Waals surface area contributed by atoms with Crippen LogP contribution in [-0.2, 0) is 49.6 Å². The number of guanidine groups is 1. The summed E-state index contributed by atoms with van der Waals surface area (Å²) in [5.41, 5.74) is 17.8. The van der Waals surface area contributed by atoms with Gasteiger partial charge in [0.25, 0.3) is 0 Å². The largest absolute Gasteiger partial charge is 0.481 e. The average molecular weight is 862 g/mol. The maximum absolute atomic E-state index is 13.6. The molecule has 0 radical (unpaired) electrons. The number of benzene rings is 1. The molecule has 0 bridgehead atoms. The van der Waals surface area contributed by atoms with Crippen molar-refractivity contribution in [2.24, 2.45) is 39.9 Å². The number of aliphatic imine (C=N–C) groups is 1. The molecular weight excluding hydrogens is 798 g/mol. The van der Waals surface area contributed by atoms with Crippen LogP contribution in [0.5, 0.6) is 0 Å². The van der Waals surface area contributed by atoms with Crippen molar-refractivity contribution in [3.8, 4) is 0 Å². The first-order chi connectivity index (χ1) is 28.4. The van der Waals surface area contributed by atoms with Crippen LogP contribution in [-0.4, -0.2) is 125 Å². The molecule has 15 N–H and O–H groups in total. The van der Waals surface area contributed by atoms with Crippen LogP contribution in [0.15, 0.2) is 35.3 Å². The van der Waals surface area contributed by atoms with E-state index in [2.05, 4.69) is 42.2 Å². The normalized spacial score (nSPS) is 14.5. The highest BCUT2D eigenvalue weighted by atomic mass is 16.4. The zero-order chi connectivity index (χ0) is 46.6. The number of carbonyl (C=O) groups excluding carboxylic acids is 7. The van der Waals surface area contributed by atoms with E-state index < -0.39 is 126 Å². The Morgan fingerprint density at radius 3 is 1.67 bits per heavy atom. The standard InChI is InChI=1S/C39H63N11O11/c1-19(2)29(49-34(56)25(14-11-15-43-39(41)42)46-33(55)24(40)16-23-12-9-8-10-13-23)36(58)44-18-27(51)48-30(20(3)4)37(59)45-22(7)32(54)47-26(17-28(52)53)35(57)50-31(21(5)6)38(60)61/h8-10,12-13,19-22,24-26,29-31H,11,14-18,40H2,1-7H3,(H,44,58)(H,45,59)(H,46,55)(H,47,54)(H,48,51)(H,49,56)(H,50,57)(H,52,53)(H,60,61)(H4,41,42,43)/t22-,24-,25-,26-,29-,30-,31-/m0/s1. The van der Waals surface area contributed by atoms with Gasteiger partial charge in [-0.15, -0.1) is 0 Å². The van der Waals surface area contributed by atoms with Crippen molar-refractivity contribution in [2.75, 3.05) is 13.1 Å². The molecular formula is C39H63N11O11. The summed E-state index contributed by atoms with van der Waals surface area (Å²) in [5.74, 6) is -10.3. The predicted octanol–water partition coefficient (Wildman–Crippen LogP) is -2.82. The van der Waals surface area contributed by atoms with E-state index in [9.17, 15) is 53.4 Å². The lowest BCUT2D eigenvalue weighted by molar-refractivity contribution is -0.144. The number of nitrogens with two attached hydrogens (primary N) is 3. The number of carbonyl (C=O) groups is 9. The third kappa shape index (κ3) is 19.5. The first-order valence-corrected chi connectivity index (χ1v) is 19.8. The molecule has 0 saturated carbocycles. The minimum Gasteiger partial charge on any atom is -0.481 e. The molecule has 7 atom stereocenters. The number of carboxylic acids is 2. The number of hydrogen-bond donors (Lipinski definition) is 12. The Morgan fingerprint density at radius 1 is 0.623 bits per heavy atom. The van der Waals surface area contributed by atoms with Gasteiger partial charge in [0, 0.05) is 6.54 Å². The minimum atomic E-state index is -1.68. The fourth-order valence-electron chi connectivity index (χ4n) is 5.65. The molecule has 0 fully saturated rings. The van der Waals surface area contributed by atoms with Gasteiger partial charge in [-0.05, 0) is 49.5 Å². The fraction of sp³-hybridized carbons (Fsp3) is 0.590. The van der Waals surface area contributed by atoms with Gasteiger partial charge in [-0.2, -0.15) is 0 Å². The third-order valence-electron chi connectivity index (χ3n) is 9.14. The van der Waals surface area contributed by atoms with Gasteiger partial charge in [0.05, 0.1) is 19.0 Å². The molecule has 7 amide bonds. The highest BCUT2D eigenvalue weighted by molar-refractivity contribution is 5.97. The second-order valence-corrected chi connectivity index (χ2v) is 15.5. The summed E-state index contributed by atoms with van der Waals surface area (Å²) in [5, 5.41) is 35.7. The lowest BCUT2D eigenvalue weighted by atomic mass is 10.0. The molecule has 61 heavy (non-hydrogen) atoms. The number of aliphatic carboxylic acids is 2. The van der Waals surface area contributed by atoms with Crippen LogP contribution in [0.1, 0.15) is 73.3 Å². The van der Waals surface area contributed by atoms with Crippen LogP contribution >= 0.6 is 0 Å². The van der Waals surface area contributed by atoms with Crippen molar-refractivity contribution in [3.05, 3.63) is 35.9 Å². The van der Waals surface area contributed by atoms with Crippen molar-refractivity contribution < 1.29 is 53.4 Å². The lowest BCUT2D eigenvalue weighted by Gasteiger charge is -2.27. The number of carboxylic acid groups (broad SMARTS) is 2. The molecule has 0 heterocycles. The summed E-state index contributed by atoms with van der Waals surface area (Å²) in [7, 11) is 0. The summed E-state index contributed by atoms with van der Waals surface area (Å²) < 4.78 is 0. The molecule has 0 aliphatic carbocycles. The van der Waals surface area contributed by atoms with Gasteiger partial charge >= 0.3 is 11.9 Å². The first-order valence-electron chi connectivity index (χ1n) is 19.8. The Kier molecular flexibility index (Phi) is 22.5. The van der Waals surface area contributed by atoms with Gasteiger partial charge in [-0.3, -0.25) is 43.3 Å². The molecule has 0 aliphatic heterocycles. The number of nitrogens with one attached hydrogen (secondary N) is 7. The van der Waals surface area contributed by atoms with Crippen LogP contribution in [0.25, 0.3) is 0 Å². The molecule has 1 rings (SSSR count). The van der Waals surface area contributed by atoms with Crippen molar-refractivity contribution in [1.29, 1.82) is 0 Å². The van der Waals surface area contributed by atoms with Crippen LogP contribution in [0.4, 0.5) is 0 Å². The Balaban J connectivity index is 2.97. The second-order valence-electron chi connectivity index (χ2n) is 15.5. The van der Waals surface area contributed by atoms with Crippen LogP contribution < -0.4 is 54.4 Å². The first kappa shape index (κ1) is 52.7. The SMILES string of the molecule is CC(C)[C@H](NC(=O)[C@H](CC(=O)O)NC(=O)[C@H](C)NC(=O)[C@@H](NC(=O)CNC(=O)[C@@H](NC(=O)[C@H](CCCN=C(N)N)NC(=O)[C@@H](N)Cc1ccccc1)C(C)C)C(C)C)C(=O)O. The second kappa shape index (κ2) is 26.0. The Hall–Kier alpha value is -6.32. The monoisotopic (exact) mass is 861 g/mol. The van der Waals surface area contributed by atoms with E-state index in [0.717, 1.165) is 5.56 Å². The van der Waals surface area contributed by atoms with Gasteiger partial charge in [-0.25, -0.2) is 4.79 Å². The predicted molar refractivity (Wildman–Crippen MR) is 223 cm³/mol. The summed E-state index contributed by atoms with van der Waals surface area (Å²) in [6, 6.07) is 0.0927. The average Bonchev–Trinajstić information content (AvgIpc) is 3.17. The van der Waals surface area contributed by atoms with Crippen molar-refractivity contribution in [2.45, 2.75) is 116 Å². The molecule has 0 saturated heterocycles. The fourth-order valence-corrected chi connectivity index (χ4v) is 5.65. The number of hydrogen-bond acceptors (Lipinski definition) is 11. The molecule has 22 heteroatoms. The molecule has 0 aliphatic rings. The summed E-state index contributed by atoms with van der Waals surface area (Å²) in [6.07, 6.45) is -0.313. The van der Waals surface area contributed by atoms with Gasteiger partial charge < -0.3 is 64.6 Å². The van der Waals surface area contributed by atoms with Gasteiger partial charge in [0.2, 0.25) is 41.4 Å². The maximum atomic E-state index is 13.6. The van der Waals surface area contributed by atoms with Gasteiger partial charge in [0.1, 0.15) is 36.3 Å². The van der Waals surface area contributed by atoms with Crippen molar-refractivity contribution in [3.63, 3.8) is 0 Å². The maximum Gasteiger partial charge on any atom is 0.326 e. The van der Waals surface area contributed by atoms with E-state index in [1.54, 1.807) is 39.8 Å². The zero-order valence-corrected chi connectivity index (χ0v) is 35.7. The molecule has 1 aromatic carbocycles. The molecule has 340 valence electrons. The lowest BCUT2D eigenvalue weighted by Crippen LogP contribution is -2.59. The van der Waals surface area contributed by atoms with E-state index in [0.29, 0.717) is 0 Å². The Bertz CT molecular complexity index is 1720. The Labute approximate surface area is 354 Å². The highest BCUT2D eigenvalue weighted by Crippen LogP contribution is 2.09. The van der Waals surface area contributed by atoms with Crippen LogP contribution in [0.3, 0.4) is 0 Å².